The molecule has 0 amide bonds. The van der Waals surface area contributed by atoms with Gasteiger partial charge in [0, 0.05) is 0 Å². The number of oxime groups is 1. The van der Waals surface area contributed by atoms with Gasteiger partial charge in [0.2, 0.25) is 0 Å². The standard InChI is InChI=1S/C6H6O.C3H7NO/c1-3-5-7-6-4-2;1-3(2)4-5/h1-2H,5-6H2;5H,1-2H3. The van der Waals surface area contributed by atoms with Crippen LogP contribution in [0.25, 0.3) is 0 Å². The lowest BCUT2D eigenvalue weighted by molar-refractivity contribution is 0.205. The molecule has 3 heteroatoms. The zero-order valence-electron chi connectivity index (χ0n) is 7.37. The maximum Gasteiger partial charge on any atom is 0.108 e. The molecule has 0 radical (unpaired) electrons. The van der Waals surface area contributed by atoms with Crippen molar-refractivity contribution in [3.05, 3.63) is 0 Å². The van der Waals surface area contributed by atoms with Gasteiger partial charge < -0.3 is 9.94 Å². The van der Waals surface area contributed by atoms with Crippen LogP contribution in [0, 0.1) is 24.7 Å². The van der Waals surface area contributed by atoms with Crippen LogP contribution in [-0.4, -0.2) is 24.1 Å². The summed E-state index contributed by atoms with van der Waals surface area (Å²) in [6.07, 6.45) is 9.65. The highest BCUT2D eigenvalue weighted by molar-refractivity contribution is 5.78. The molecular weight excluding hydrogens is 154 g/mol. The van der Waals surface area contributed by atoms with Gasteiger partial charge in [-0.2, -0.15) is 0 Å². The normalized spacial score (nSPS) is 6.67. The van der Waals surface area contributed by atoms with Crippen molar-refractivity contribution in [2.75, 3.05) is 13.2 Å². The van der Waals surface area contributed by atoms with E-state index in [0.29, 0.717) is 18.9 Å². The second-order valence-electron chi connectivity index (χ2n) is 1.95. The van der Waals surface area contributed by atoms with Crippen LogP contribution in [0.5, 0.6) is 0 Å². The molecule has 0 saturated carbocycles. The highest BCUT2D eigenvalue weighted by atomic mass is 16.5. The summed E-state index contributed by atoms with van der Waals surface area (Å²) < 4.78 is 4.66. The van der Waals surface area contributed by atoms with Crippen LogP contribution in [-0.2, 0) is 4.74 Å². The smallest absolute Gasteiger partial charge is 0.108 e. The molecule has 0 heterocycles. The Morgan fingerprint density at radius 3 is 1.83 bits per heavy atom. The van der Waals surface area contributed by atoms with E-state index in [-0.39, 0.29) is 0 Å². The summed E-state index contributed by atoms with van der Waals surface area (Å²) in [5.41, 5.74) is 0.685. The molecule has 0 aliphatic rings. The van der Waals surface area contributed by atoms with E-state index in [2.05, 4.69) is 21.7 Å². The molecule has 0 saturated heterocycles. The number of hydrogen-bond donors (Lipinski definition) is 1. The highest BCUT2D eigenvalue weighted by Crippen LogP contribution is 1.65. The summed E-state index contributed by atoms with van der Waals surface area (Å²) in [5.74, 6) is 4.57. The van der Waals surface area contributed by atoms with Crippen LogP contribution in [0.15, 0.2) is 5.16 Å². The van der Waals surface area contributed by atoms with E-state index < -0.39 is 0 Å². The number of hydrogen-bond acceptors (Lipinski definition) is 3. The van der Waals surface area contributed by atoms with Gasteiger partial charge in [-0.05, 0) is 13.8 Å². The van der Waals surface area contributed by atoms with Crippen LogP contribution in [0.1, 0.15) is 13.8 Å². The van der Waals surface area contributed by atoms with Crippen LogP contribution >= 0.6 is 0 Å². The number of terminal acetylenes is 2. The molecule has 0 aromatic rings. The summed E-state index contributed by atoms with van der Waals surface area (Å²) >= 11 is 0. The van der Waals surface area contributed by atoms with E-state index in [1.54, 1.807) is 13.8 Å². The average Bonchev–Trinajstić information content (AvgIpc) is 2.07. The maximum atomic E-state index is 7.73. The first-order valence-electron chi connectivity index (χ1n) is 3.29. The lowest BCUT2D eigenvalue weighted by Crippen LogP contribution is -1.89. The zero-order chi connectivity index (χ0) is 9.82. The predicted octanol–water partition coefficient (Wildman–Crippen LogP) is 1.13. The van der Waals surface area contributed by atoms with Gasteiger partial charge in [-0.3, -0.25) is 0 Å². The summed E-state index contributed by atoms with van der Waals surface area (Å²) in [7, 11) is 0. The van der Waals surface area contributed by atoms with Gasteiger partial charge in [-0.25, -0.2) is 0 Å². The largest absolute Gasteiger partial charge is 0.411 e. The molecule has 0 aromatic carbocycles. The summed E-state index contributed by atoms with van der Waals surface area (Å²) in [6, 6.07) is 0. The quantitative estimate of drug-likeness (QED) is 0.220. The van der Waals surface area contributed by atoms with Crippen molar-refractivity contribution in [3.8, 4) is 24.7 Å². The molecule has 0 spiro atoms. The van der Waals surface area contributed by atoms with E-state index in [1.165, 1.54) is 0 Å². The third kappa shape index (κ3) is 23.5. The van der Waals surface area contributed by atoms with Crippen LogP contribution < -0.4 is 0 Å². The fourth-order valence-corrected chi connectivity index (χ4v) is 0.169. The van der Waals surface area contributed by atoms with E-state index in [1.807, 2.05) is 0 Å². The number of rotatable bonds is 2. The molecular formula is C9H13NO2. The highest BCUT2D eigenvalue weighted by Gasteiger charge is 1.71. The molecule has 0 bridgehead atoms. The van der Waals surface area contributed by atoms with Gasteiger partial charge in [-0.1, -0.05) is 17.0 Å². The fourth-order valence-electron chi connectivity index (χ4n) is 0.169. The van der Waals surface area contributed by atoms with Gasteiger partial charge in [0.25, 0.3) is 0 Å². The molecule has 1 N–H and O–H groups in total. The summed E-state index contributed by atoms with van der Waals surface area (Å²) in [5, 5.41) is 10.5. The molecule has 0 aromatic heterocycles. The summed E-state index contributed by atoms with van der Waals surface area (Å²) in [4.78, 5) is 0. The Balaban J connectivity index is 0. The summed E-state index contributed by atoms with van der Waals surface area (Å²) in [6.45, 7) is 4.06. The monoisotopic (exact) mass is 167 g/mol. The molecule has 0 atom stereocenters. The second kappa shape index (κ2) is 12.2. The lowest BCUT2D eigenvalue weighted by Gasteiger charge is -1.86. The lowest BCUT2D eigenvalue weighted by atomic mass is 10.5. The first kappa shape index (κ1) is 13.2. The molecule has 0 aliphatic heterocycles. The number of ether oxygens (including phenoxy) is 1. The molecule has 66 valence electrons. The van der Waals surface area contributed by atoms with Gasteiger partial charge >= 0.3 is 0 Å². The molecule has 0 unspecified atom stereocenters. The Morgan fingerprint density at radius 1 is 1.33 bits per heavy atom. The topological polar surface area (TPSA) is 41.8 Å². The van der Waals surface area contributed by atoms with Crippen molar-refractivity contribution in [3.63, 3.8) is 0 Å². The van der Waals surface area contributed by atoms with Crippen molar-refractivity contribution >= 4 is 5.71 Å². The van der Waals surface area contributed by atoms with Crippen molar-refractivity contribution in [2.24, 2.45) is 5.16 Å². The SMILES string of the molecule is C#CCOCC#C.CC(C)=NO. The van der Waals surface area contributed by atoms with E-state index in [9.17, 15) is 0 Å². The second-order valence-corrected chi connectivity index (χ2v) is 1.95. The van der Waals surface area contributed by atoms with Crippen molar-refractivity contribution in [1.82, 2.24) is 0 Å². The Labute approximate surface area is 73.4 Å². The molecule has 0 rings (SSSR count). The van der Waals surface area contributed by atoms with E-state index in [4.69, 9.17) is 18.1 Å². The van der Waals surface area contributed by atoms with Gasteiger partial charge in [0.05, 0.1) is 5.71 Å². The molecule has 3 nitrogen and oxygen atoms in total. The van der Waals surface area contributed by atoms with Crippen LogP contribution in [0.3, 0.4) is 0 Å². The molecule has 0 aliphatic carbocycles. The maximum absolute atomic E-state index is 7.73. The Morgan fingerprint density at radius 2 is 1.67 bits per heavy atom. The Bertz CT molecular complexity index is 178. The van der Waals surface area contributed by atoms with Crippen LogP contribution in [0.2, 0.25) is 0 Å². The third-order valence-electron chi connectivity index (χ3n) is 0.571. The van der Waals surface area contributed by atoms with Crippen molar-refractivity contribution in [2.45, 2.75) is 13.8 Å². The Hall–Kier alpha value is -1.45. The van der Waals surface area contributed by atoms with Gasteiger partial charge in [0.1, 0.15) is 13.2 Å². The first-order valence-corrected chi connectivity index (χ1v) is 3.29. The Kier molecular flexibility index (Phi) is 13.4. The predicted molar refractivity (Wildman–Crippen MR) is 49.1 cm³/mol. The average molecular weight is 167 g/mol. The minimum Gasteiger partial charge on any atom is -0.411 e. The van der Waals surface area contributed by atoms with E-state index >= 15 is 0 Å². The van der Waals surface area contributed by atoms with Crippen LogP contribution in [0.4, 0.5) is 0 Å². The van der Waals surface area contributed by atoms with Gasteiger partial charge in [0.15, 0.2) is 0 Å². The minimum absolute atomic E-state index is 0.310. The van der Waals surface area contributed by atoms with E-state index in [0.717, 1.165) is 0 Å². The first-order chi connectivity index (χ1) is 5.68. The van der Waals surface area contributed by atoms with Crippen molar-refractivity contribution in [1.29, 1.82) is 0 Å². The minimum atomic E-state index is 0.310. The van der Waals surface area contributed by atoms with Gasteiger partial charge in [-0.15, -0.1) is 12.8 Å². The third-order valence-corrected chi connectivity index (χ3v) is 0.571. The fraction of sp³-hybridized carbons (Fsp3) is 0.444. The molecule has 12 heavy (non-hydrogen) atoms. The zero-order valence-corrected chi connectivity index (χ0v) is 7.37. The molecule has 0 fully saturated rings. The van der Waals surface area contributed by atoms with Crippen molar-refractivity contribution < 1.29 is 9.94 Å². The number of nitrogens with zero attached hydrogens (tertiary/aromatic N) is 1.